The molecule has 8 heteroatoms. The highest BCUT2D eigenvalue weighted by Crippen LogP contribution is 2.43. The monoisotopic (exact) mass is 293 g/mol. The molecular weight excluding hydrogens is 283 g/mol. The van der Waals surface area contributed by atoms with Gasteiger partial charge in [-0.2, -0.15) is 13.2 Å². The number of aromatic amines is 1. The standard InChI is InChI=1S/C10H10F3N3S2/c1-14-16-7-6(4-15-9(7)17)5-2-3-18-8(5)10(11,12)13/h2-4,14-17H,1H3. The van der Waals surface area contributed by atoms with Gasteiger partial charge in [0.2, 0.25) is 0 Å². The summed E-state index contributed by atoms with van der Waals surface area (Å²) in [5.74, 6) is 0. The Morgan fingerprint density at radius 1 is 1.33 bits per heavy atom. The molecule has 0 fully saturated rings. The Morgan fingerprint density at radius 2 is 2.06 bits per heavy atom. The van der Waals surface area contributed by atoms with Crippen LogP contribution in [0.4, 0.5) is 18.9 Å². The normalized spacial score (nSPS) is 11.8. The number of nitrogens with one attached hydrogen (secondary N) is 3. The molecule has 2 rings (SSSR count). The van der Waals surface area contributed by atoms with Crippen LogP contribution < -0.4 is 10.9 Å². The fourth-order valence-electron chi connectivity index (χ4n) is 1.62. The average molecular weight is 293 g/mol. The number of thiol groups is 1. The second kappa shape index (κ2) is 4.87. The van der Waals surface area contributed by atoms with Crippen LogP contribution in [0.2, 0.25) is 0 Å². The first-order valence-electron chi connectivity index (χ1n) is 4.93. The number of hydrogen-bond donors (Lipinski definition) is 4. The maximum absolute atomic E-state index is 12.8. The highest BCUT2D eigenvalue weighted by molar-refractivity contribution is 7.80. The third-order valence-corrected chi connectivity index (χ3v) is 3.63. The average Bonchev–Trinajstić information content (AvgIpc) is 2.86. The van der Waals surface area contributed by atoms with Gasteiger partial charge in [0, 0.05) is 24.4 Å². The smallest absolute Gasteiger partial charge is 0.354 e. The third-order valence-electron chi connectivity index (χ3n) is 2.32. The summed E-state index contributed by atoms with van der Waals surface area (Å²) in [5, 5.41) is 1.89. The fourth-order valence-corrected chi connectivity index (χ4v) is 2.64. The number of rotatable bonds is 3. The quantitative estimate of drug-likeness (QED) is 0.516. The molecule has 2 heterocycles. The second-order valence-corrected chi connectivity index (χ2v) is 4.83. The first-order valence-corrected chi connectivity index (χ1v) is 6.26. The van der Waals surface area contributed by atoms with Crippen LogP contribution in [0.25, 0.3) is 11.1 Å². The van der Waals surface area contributed by atoms with Gasteiger partial charge >= 0.3 is 6.18 Å². The summed E-state index contributed by atoms with van der Waals surface area (Å²) in [7, 11) is 1.63. The van der Waals surface area contributed by atoms with E-state index in [0.29, 0.717) is 27.6 Å². The molecule has 0 aliphatic rings. The van der Waals surface area contributed by atoms with Crippen molar-refractivity contribution in [3.05, 3.63) is 22.5 Å². The second-order valence-electron chi connectivity index (χ2n) is 3.46. The fraction of sp³-hybridized carbons (Fsp3) is 0.200. The lowest BCUT2D eigenvalue weighted by atomic mass is 10.1. The van der Waals surface area contributed by atoms with Crippen LogP contribution in [-0.2, 0) is 6.18 Å². The van der Waals surface area contributed by atoms with Gasteiger partial charge in [0.25, 0.3) is 0 Å². The Hall–Kier alpha value is -1.12. The van der Waals surface area contributed by atoms with Crippen molar-refractivity contribution in [3.63, 3.8) is 0 Å². The Balaban J connectivity index is 2.53. The van der Waals surface area contributed by atoms with Crippen molar-refractivity contribution in [2.75, 3.05) is 12.5 Å². The predicted octanol–water partition coefficient (Wildman–Crippen LogP) is 3.60. The third kappa shape index (κ3) is 2.36. The molecule has 0 radical (unpaired) electrons. The summed E-state index contributed by atoms with van der Waals surface area (Å²) in [4.78, 5) is 2.17. The molecule has 3 nitrogen and oxygen atoms in total. The van der Waals surface area contributed by atoms with Crippen molar-refractivity contribution in [3.8, 4) is 11.1 Å². The van der Waals surface area contributed by atoms with Gasteiger partial charge in [-0.05, 0) is 11.4 Å². The van der Waals surface area contributed by atoms with Crippen molar-refractivity contribution in [2.45, 2.75) is 11.2 Å². The minimum Gasteiger partial charge on any atom is -0.354 e. The van der Waals surface area contributed by atoms with Gasteiger partial charge in [-0.15, -0.1) is 24.0 Å². The van der Waals surface area contributed by atoms with E-state index >= 15 is 0 Å². The van der Waals surface area contributed by atoms with Gasteiger partial charge in [0.05, 0.1) is 10.7 Å². The lowest BCUT2D eigenvalue weighted by molar-refractivity contribution is -0.133. The number of anilines is 1. The van der Waals surface area contributed by atoms with Crippen molar-refractivity contribution in [2.24, 2.45) is 0 Å². The lowest BCUT2D eigenvalue weighted by Crippen LogP contribution is -2.15. The van der Waals surface area contributed by atoms with E-state index in [0.717, 1.165) is 0 Å². The molecule has 0 atom stereocenters. The highest BCUT2D eigenvalue weighted by atomic mass is 32.1. The van der Waals surface area contributed by atoms with E-state index in [9.17, 15) is 13.2 Å². The zero-order valence-corrected chi connectivity index (χ0v) is 10.9. The van der Waals surface area contributed by atoms with Gasteiger partial charge < -0.3 is 10.4 Å². The Bertz CT molecular complexity index is 545. The van der Waals surface area contributed by atoms with Crippen LogP contribution in [0, 0.1) is 0 Å². The maximum atomic E-state index is 12.8. The van der Waals surface area contributed by atoms with Crippen molar-refractivity contribution in [1.29, 1.82) is 0 Å². The van der Waals surface area contributed by atoms with E-state index in [1.807, 2.05) is 0 Å². The number of alkyl halides is 3. The first-order chi connectivity index (χ1) is 8.45. The highest BCUT2D eigenvalue weighted by Gasteiger charge is 2.36. The molecule has 0 saturated carbocycles. The Morgan fingerprint density at radius 3 is 2.67 bits per heavy atom. The van der Waals surface area contributed by atoms with Crippen molar-refractivity contribution < 1.29 is 13.2 Å². The summed E-state index contributed by atoms with van der Waals surface area (Å²) >= 11 is 4.83. The molecule has 0 aromatic carbocycles. The molecule has 0 amide bonds. The van der Waals surface area contributed by atoms with Gasteiger partial charge in [-0.3, -0.25) is 0 Å². The van der Waals surface area contributed by atoms with Gasteiger partial charge in [-0.25, -0.2) is 5.43 Å². The zero-order valence-electron chi connectivity index (χ0n) is 9.22. The van der Waals surface area contributed by atoms with Crippen LogP contribution in [0.5, 0.6) is 0 Å². The Kier molecular flexibility index (Phi) is 3.60. The van der Waals surface area contributed by atoms with Crippen molar-refractivity contribution >= 4 is 29.7 Å². The van der Waals surface area contributed by atoms with E-state index < -0.39 is 11.1 Å². The lowest BCUT2D eigenvalue weighted by Gasteiger charge is -2.10. The molecular formula is C10H10F3N3S2. The van der Waals surface area contributed by atoms with Gasteiger partial charge in [0.15, 0.2) is 0 Å². The SMILES string of the molecule is CNNc1c(-c2ccsc2C(F)(F)F)c[nH]c1S. The van der Waals surface area contributed by atoms with Crippen LogP contribution >= 0.6 is 24.0 Å². The molecule has 0 saturated heterocycles. The van der Waals surface area contributed by atoms with E-state index in [4.69, 9.17) is 0 Å². The minimum atomic E-state index is -4.35. The maximum Gasteiger partial charge on any atom is 0.426 e. The number of aromatic nitrogens is 1. The molecule has 3 N–H and O–H groups in total. The first kappa shape index (κ1) is 13.3. The van der Waals surface area contributed by atoms with Crippen LogP contribution in [0.1, 0.15) is 4.88 Å². The zero-order chi connectivity index (χ0) is 13.3. The van der Waals surface area contributed by atoms with E-state index in [1.165, 1.54) is 17.6 Å². The number of thiophene rings is 1. The van der Waals surface area contributed by atoms with Crippen LogP contribution in [0.3, 0.4) is 0 Å². The van der Waals surface area contributed by atoms with Crippen LogP contribution in [-0.4, -0.2) is 12.0 Å². The Labute approximate surface area is 111 Å². The largest absolute Gasteiger partial charge is 0.426 e. The number of halogens is 3. The van der Waals surface area contributed by atoms with Crippen molar-refractivity contribution in [1.82, 2.24) is 10.4 Å². The topological polar surface area (TPSA) is 39.8 Å². The predicted molar refractivity (Wildman–Crippen MR) is 69.0 cm³/mol. The summed E-state index contributed by atoms with van der Waals surface area (Å²) in [6.07, 6.45) is -2.85. The van der Waals surface area contributed by atoms with E-state index in [2.05, 4.69) is 28.5 Å². The summed E-state index contributed by atoms with van der Waals surface area (Å²) < 4.78 is 38.5. The number of hydrazine groups is 1. The number of H-pyrrole nitrogens is 1. The molecule has 0 spiro atoms. The molecule has 0 unspecified atom stereocenters. The van der Waals surface area contributed by atoms with E-state index in [1.54, 1.807) is 7.05 Å². The molecule has 2 aromatic heterocycles. The van der Waals surface area contributed by atoms with Crippen LogP contribution in [0.15, 0.2) is 22.7 Å². The molecule has 2 aromatic rings. The van der Waals surface area contributed by atoms with E-state index in [-0.39, 0.29) is 5.56 Å². The molecule has 0 aliphatic heterocycles. The number of hydrogen-bond acceptors (Lipinski definition) is 4. The molecule has 0 aliphatic carbocycles. The summed E-state index contributed by atoms with van der Waals surface area (Å²) in [5.41, 5.74) is 6.51. The van der Waals surface area contributed by atoms with Gasteiger partial charge in [-0.1, -0.05) is 0 Å². The minimum absolute atomic E-state index is 0.141. The summed E-state index contributed by atoms with van der Waals surface area (Å²) in [6, 6.07) is 1.45. The summed E-state index contributed by atoms with van der Waals surface area (Å²) in [6.45, 7) is 0. The molecule has 98 valence electrons. The van der Waals surface area contributed by atoms with Gasteiger partial charge in [0.1, 0.15) is 4.88 Å². The molecule has 0 bridgehead atoms. The molecule has 18 heavy (non-hydrogen) atoms.